The van der Waals surface area contributed by atoms with Crippen molar-refractivity contribution in [1.29, 1.82) is 0 Å². The average molecular weight is 313 g/mol. The molecule has 1 aromatic rings. The number of hydrogen-bond donors (Lipinski definition) is 2. The van der Waals surface area contributed by atoms with Gasteiger partial charge in [0.2, 0.25) is 0 Å². The van der Waals surface area contributed by atoms with Gasteiger partial charge >= 0.3 is 0 Å². The van der Waals surface area contributed by atoms with E-state index in [2.05, 4.69) is 17.2 Å². The third-order valence-corrected chi connectivity index (χ3v) is 3.53. The number of carbonyl (C=O) groups excluding carboxylic acids is 1. The second-order valence-electron chi connectivity index (χ2n) is 4.39. The molecule has 0 atom stereocenters. The molecule has 0 saturated carbocycles. The fraction of sp³-hybridized carbons (Fsp3) is 0.357. The van der Waals surface area contributed by atoms with E-state index in [1.807, 2.05) is 0 Å². The summed E-state index contributed by atoms with van der Waals surface area (Å²) in [6, 6.07) is 3.87. The number of halogens is 1. The number of aliphatic hydroxyl groups excluding tert-OH is 1. The molecule has 0 aliphatic carbocycles. The summed E-state index contributed by atoms with van der Waals surface area (Å²) >= 11 is 0. The maximum absolute atomic E-state index is 13.7. The first kappa shape index (κ1) is 17.1. The zero-order valence-electron chi connectivity index (χ0n) is 11.5. The Morgan fingerprint density at radius 3 is 2.71 bits per heavy atom. The Balaban J connectivity index is 2.62. The lowest BCUT2D eigenvalue weighted by molar-refractivity contribution is 0.0949. The minimum atomic E-state index is -3.07. The van der Waals surface area contributed by atoms with Crippen LogP contribution in [0.15, 0.2) is 18.2 Å². The maximum Gasteiger partial charge on any atom is 0.254 e. The van der Waals surface area contributed by atoms with E-state index in [-0.39, 0.29) is 30.9 Å². The summed E-state index contributed by atoms with van der Waals surface area (Å²) in [5, 5.41) is 11.0. The first-order valence-corrected chi connectivity index (χ1v) is 8.25. The predicted molar refractivity (Wildman–Crippen MR) is 77.0 cm³/mol. The third-order valence-electron chi connectivity index (χ3n) is 2.50. The quantitative estimate of drug-likeness (QED) is 0.606. The molecule has 0 saturated heterocycles. The minimum absolute atomic E-state index is 0.0363. The average Bonchev–Trinajstić information content (AvgIpc) is 2.40. The van der Waals surface area contributed by atoms with E-state index < -0.39 is 21.6 Å². The number of rotatable bonds is 5. The van der Waals surface area contributed by atoms with Gasteiger partial charge in [0.1, 0.15) is 22.3 Å². The zero-order chi connectivity index (χ0) is 15.9. The van der Waals surface area contributed by atoms with E-state index in [4.69, 9.17) is 5.11 Å². The van der Waals surface area contributed by atoms with Gasteiger partial charge in [0, 0.05) is 18.4 Å². The van der Waals surface area contributed by atoms with Crippen molar-refractivity contribution in [2.45, 2.75) is 6.42 Å². The van der Waals surface area contributed by atoms with E-state index in [9.17, 15) is 17.6 Å². The molecule has 0 aliphatic heterocycles. The van der Waals surface area contributed by atoms with Crippen LogP contribution in [0.25, 0.3) is 0 Å². The van der Waals surface area contributed by atoms with Crippen LogP contribution in [0.2, 0.25) is 0 Å². The summed E-state index contributed by atoms with van der Waals surface area (Å²) in [6.45, 7) is -0.179. The first-order valence-electron chi connectivity index (χ1n) is 6.18. The molecule has 5 nitrogen and oxygen atoms in total. The lowest BCUT2D eigenvalue weighted by Crippen LogP contribution is -2.26. The number of sulfone groups is 1. The largest absolute Gasteiger partial charge is 0.384 e. The molecule has 0 radical (unpaired) electrons. The van der Waals surface area contributed by atoms with Gasteiger partial charge in [-0.3, -0.25) is 4.79 Å². The Kier molecular flexibility index (Phi) is 6.34. The summed E-state index contributed by atoms with van der Waals surface area (Å²) in [4.78, 5) is 11.7. The second kappa shape index (κ2) is 7.76. The summed E-state index contributed by atoms with van der Waals surface area (Å²) < 4.78 is 35.6. The van der Waals surface area contributed by atoms with Gasteiger partial charge in [0.15, 0.2) is 0 Å². The van der Waals surface area contributed by atoms with Crippen LogP contribution in [0.3, 0.4) is 0 Å². The van der Waals surface area contributed by atoms with Crippen LogP contribution in [-0.4, -0.2) is 44.6 Å². The van der Waals surface area contributed by atoms with Gasteiger partial charge in [-0.05, 0) is 24.6 Å². The molecule has 0 spiro atoms. The van der Waals surface area contributed by atoms with E-state index in [0.29, 0.717) is 5.56 Å². The van der Waals surface area contributed by atoms with Crippen LogP contribution in [0, 0.1) is 17.7 Å². The molecule has 0 unspecified atom stereocenters. The van der Waals surface area contributed by atoms with Crippen molar-refractivity contribution in [2.75, 3.05) is 25.2 Å². The van der Waals surface area contributed by atoms with Crippen LogP contribution in [0.1, 0.15) is 22.3 Å². The Morgan fingerprint density at radius 1 is 1.43 bits per heavy atom. The van der Waals surface area contributed by atoms with Crippen molar-refractivity contribution in [3.8, 4) is 11.8 Å². The summed E-state index contributed by atoms with van der Waals surface area (Å²) in [5.74, 6) is 3.54. The number of nitrogens with one attached hydrogen (secondary N) is 1. The van der Waals surface area contributed by atoms with Crippen molar-refractivity contribution < 1.29 is 22.7 Å². The molecule has 2 N–H and O–H groups in total. The van der Waals surface area contributed by atoms with Gasteiger partial charge < -0.3 is 10.4 Å². The molecule has 0 fully saturated rings. The lowest BCUT2D eigenvalue weighted by Gasteiger charge is -2.06. The van der Waals surface area contributed by atoms with Crippen LogP contribution in [0.5, 0.6) is 0 Å². The Morgan fingerprint density at radius 2 is 2.14 bits per heavy atom. The van der Waals surface area contributed by atoms with E-state index >= 15 is 0 Å². The van der Waals surface area contributed by atoms with Gasteiger partial charge in [-0.25, -0.2) is 12.8 Å². The summed E-state index contributed by atoms with van der Waals surface area (Å²) in [6.07, 6.45) is 1.38. The molecule has 21 heavy (non-hydrogen) atoms. The van der Waals surface area contributed by atoms with Gasteiger partial charge in [-0.15, -0.1) is 0 Å². The standard InChI is InChI=1S/C14H16FNO4S/c1-21(19,20)9-3-7-16-14(18)12-6-5-11(4-2-8-17)10-13(12)15/h5-6,10,17H,3,7-9H2,1H3,(H,16,18). The Labute approximate surface area is 123 Å². The highest BCUT2D eigenvalue weighted by atomic mass is 32.2. The molecule has 0 bridgehead atoms. The van der Waals surface area contributed by atoms with Crippen molar-refractivity contribution in [3.63, 3.8) is 0 Å². The molecule has 1 aromatic carbocycles. The van der Waals surface area contributed by atoms with Crippen LogP contribution < -0.4 is 5.32 Å². The van der Waals surface area contributed by atoms with E-state index in [1.165, 1.54) is 12.1 Å². The monoisotopic (exact) mass is 313 g/mol. The van der Waals surface area contributed by atoms with Crippen molar-refractivity contribution in [1.82, 2.24) is 5.32 Å². The van der Waals surface area contributed by atoms with Gasteiger partial charge in [-0.2, -0.15) is 0 Å². The smallest absolute Gasteiger partial charge is 0.254 e. The molecule has 1 amide bonds. The minimum Gasteiger partial charge on any atom is -0.384 e. The molecular weight excluding hydrogens is 297 g/mol. The fourth-order valence-corrected chi connectivity index (χ4v) is 2.22. The molecule has 114 valence electrons. The van der Waals surface area contributed by atoms with Crippen molar-refractivity contribution in [2.24, 2.45) is 0 Å². The lowest BCUT2D eigenvalue weighted by atomic mass is 10.1. The number of benzene rings is 1. The molecular formula is C14H16FNO4S. The summed E-state index contributed by atoms with van der Waals surface area (Å²) in [5.41, 5.74) is 0.221. The molecule has 7 heteroatoms. The third kappa shape index (κ3) is 6.38. The number of carbonyl (C=O) groups is 1. The number of hydrogen-bond acceptors (Lipinski definition) is 4. The normalized spacial score (nSPS) is 10.6. The number of aliphatic hydroxyl groups is 1. The highest BCUT2D eigenvalue weighted by Gasteiger charge is 2.11. The van der Waals surface area contributed by atoms with Crippen LogP contribution >= 0.6 is 0 Å². The molecule has 0 aliphatic rings. The Hall–Kier alpha value is -1.91. The van der Waals surface area contributed by atoms with Crippen molar-refractivity contribution >= 4 is 15.7 Å². The Bertz CT molecular complexity index is 674. The van der Waals surface area contributed by atoms with Crippen LogP contribution in [0.4, 0.5) is 4.39 Å². The maximum atomic E-state index is 13.7. The van der Waals surface area contributed by atoms with Gasteiger partial charge in [0.25, 0.3) is 5.91 Å². The SMILES string of the molecule is CS(=O)(=O)CCCNC(=O)c1ccc(C#CCO)cc1F. The predicted octanol–water partition coefficient (Wildman–Crippen LogP) is 0.334. The number of amides is 1. The van der Waals surface area contributed by atoms with Gasteiger partial charge in [-0.1, -0.05) is 11.8 Å². The highest BCUT2D eigenvalue weighted by Crippen LogP contribution is 2.09. The highest BCUT2D eigenvalue weighted by molar-refractivity contribution is 7.90. The van der Waals surface area contributed by atoms with Gasteiger partial charge in [0.05, 0.1) is 11.3 Å². The zero-order valence-corrected chi connectivity index (χ0v) is 12.3. The summed E-state index contributed by atoms with van der Waals surface area (Å²) in [7, 11) is -3.07. The van der Waals surface area contributed by atoms with Crippen molar-refractivity contribution in [3.05, 3.63) is 35.1 Å². The second-order valence-corrected chi connectivity index (χ2v) is 6.65. The molecule has 0 aromatic heterocycles. The molecule has 1 rings (SSSR count). The van der Waals surface area contributed by atoms with E-state index in [1.54, 1.807) is 0 Å². The fourth-order valence-electron chi connectivity index (χ4n) is 1.55. The molecule has 0 heterocycles. The topological polar surface area (TPSA) is 83.5 Å². The van der Waals surface area contributed by atoms with Crippen LogP contribution in [-0.2, 0) is 9.84 Å². The van der Waals surface area contributed by atoms with E-state index in [0.717, 1.165) is 12.3 Å². The first-order chi connectivity index (χ1) is 9.83.